The smallest absolute Gasteiger partial charge is 0.130 e. The molecule has 0 saturated heterocycles. The predicted molar refractivity (Wildman–Crippen MR) is 65.5 cm³/mol. The molecule has 0 amide bonds. The molecule has 2 nitrogen and oxygen atoms in total. The second-order valence-corrected chi connectivity index (χ2v) is 3.86. The van der Waals surface area contributed by atoms with Crippen molar-refractivity contribution >= 4 is 0 Å². The zero-order chi connectivity index (χ0) is 12.3. The Labute approximate surface area is 99.8 Å². The lowest BCUT2D eigenvalue weighted by molar-refractivity contribution is 0.475. The van der Waals surface area contributed by atoms with E-state index in [2.05, 4.69) is 0 Å². The van der Waals surface area contributed by atoms with Gasteiger partial charge in [0, 0.05) is 12.6 Å². The van der Waals surface area contributed by atoms with Crippen LogP contribution in [0.5, 0.6) is 11.5 Å². The minimum absolute atomic E-state index is 0.266. The first kappa shape index (κ1) is 11.6. The Kier molecular flexibility index (Phi) is 3.40. The van der Waals surface area contributed by atoms with Gasteiger partial charge in [-0.05, 0) is 36.2 Å². The van der Waals surface area contributed by atoms with Crippen molar-refractivity contribution in [1.29, 1.82) is 0 Å². The van der Waals surface area contributed by atoms with Crippen LogP contribution in [-0.2, 0) is 6.54 Å². The highest BCUT2D eigenvalue weighted by Gasteiger charge is 2.02. The molecule has 0 aliphatic heterocycles. The average molecular weight is 231 g/mol. The third-order valence-electron chi connectivity index (χ3n) is 2.51. The van der Waals surface area contributed by atoms with Crippen LogP contribution < -0.4 is 10.5 Å². The van der Waals surface area contributed by atoms with Crippen LogP contribution in [0.15, 0.2) is 42.5 Å². The Bertz CT molecular complexity index is 525. The van der Waals surface area contributed by atoms with Crippen molar-refractivity contribution in [2.24, 2.45) is 5.73 Å². The van der Waals surface area contributed by atoms with Crippen molar-refractivity contribution < 1.29 is 9.13 Å². The summed E-state index contributed by atoms with van der Waals surface area (Å²) in [7, 11) is 0. The normalized spacial score (nSPS) is 10.3. The molecule has 2 aromatic rings. The molecule has 0 aliphatic carbocycles. The van der Waals surface area contributed by atoms with E-state index in [1.807, 2.05) is 24.3 Å². The van der Waals surface area contributed by atoms with Crippen molar-refractivity contribution in [2.45, 2.75) is 13.5 Å². The maximum absolute atomic E-state index is 13.3. The van der Waals surface area contributed by atoms with E-state index in [-0.39, 0.29) is 5.82 Å². The van der Waals surface area contributed by atoms with Gasteiger partial charge in [-0.3, -0.25) is 0 Å². The molecule has 2 aromatic carbocycles. The molecule has 2 rings (SSSR count). The Morgan fingerprint density at radius 3 is 2.59 bits per heavy atom. The van der Waals surface area contributed by atoms with E-state index in [1.165, 1.54) is 6.07 Å². The second kappa shape index (κ2) is 4.97. The Balaban J connectivity index is 2.22. The Hall–Kier alpha value is -1.87. The van der Waals surface area contributed by atoms with Gasteiger partial charge in [0.1, 0.15) is 17.3 Å². The summed E-state index contributed by atoms with van der Waals surface area (Å²) in [6.07, 6.45) is 0. The standard InChI is InChI=1S/C14H14FNO/c1-10-5-6-13(8-14(10)15)17-12-4-2-3-11(7-12)9-16/h2-8H,9,16H2,1H3. The molecule has 88 valence electrons. The third-order valence-corrected chi connectivity index (χ3v) is 2.51. The first-order valence-corrected chi connectivity index (χ1v) is 5.42. The fourth-order valence-electron chi connectivity index (χ4n) is 1.51. The predicted octanol–water partition coefficient (Wildman–Crippen LogP) is 3.39. The molecule has 0 fully saturated rings. The molecule has 0 unspecified atom stereocenters. The van der Waals surface area contributed by atoms with Gasteiger partial charge in [-0.25, -0.2) is 4.39 Å². The molecule has 0 saturated carbocycles. The molecule has 17 heavy (non-hydrogen) atoms. The third kappa shape index (κ3) is 2.82. The summed E-state index contributed by atoms with van der Waals surface area (Å²) in [5, 5.41) is 0. The molecule has 0 aromatic heterocycles. The Morgan fingerprint density at radius 2 is 1.88 bits per heavy atom. The quantitative estimate of drug-likeness (QED) is 0.878. The van der Waals surface area contributed by atoms with Crippen LogP contribution in [0.25, 0.3) is 0 Å². The summed E-state index contributed by atoms with van der Waals surface area (Å²) in [5.74, 6) is 0.885. The number of benzene rings is 2. The number of nitrogens with two attached hydrogens (primary N) is 1. The van der Waals surface area contributed by atoms with Gasteiger partial charge >= 0.3 is 0 Å². The van der Waals surface area contributed by atoms with E-state index in [0.29, 0.717) is 23.6 Å². The molecule has 3 heteroatoms. The lowest BCUT2D eigenvalue weighted by Crippen LogP contribution is -1.96. The molecule has 0 bridgehead atoms. The number of rotatable bonds is 3. The summed E-state index contributed by atoms with van der Waals surface area (Å²) in [5.41, 5.74) is 7.13. The molecular weight excluding hydrogens is 217 g/mol. The highest BCUT2D eigenvalue weighted by molar-refractivity contribution is 5.35. The van der Waals surface area contributed by atoms with Crippen LogP contribution in [0.3, 0.4) is 0 Å². The molecule has 0 aliphatic rings. The number of aryl methyl sites for hydroxylation is 1. The zero-order valence-electron chi connectivity index (χ0n) is 9.61. The fourth-order valence-corrected chi connectivity index (χ4v) is 1.51. The first-order valence-electron chi connectivity index (χ1n) is 5.42. The van der Waals surface area contributed by atoms with Crippen molar-refractivity contribution in [2.75, 3.05) is 0 Å². The van der Waals surface area contributed by atoms with Crippen LogP contribution in [0.2, 0.25) is 0 Å². The molecule has 2 N–H and O–H groups in total. The van der Waals surface area contributed by atoms with Crippen molar-refractivity contribution in [3.63, 3.8) is 0 Å². The molecule has 0 heterocycles. The van der Waals surface area contributed by atoms with Gasteiger partial charge in [-0.15, -0.1) is 0 Å². The summed E-state index contributed by atoms with van der Waals surface area (Å²) in [6, 6.07) is 12.3. The lowest BCUT2D eigenvalue weighted by atomic mass is 10.2. The van der Waals surface area contributed by atoms with Crippen LogP contribution in [0.1, 0.15) is 11.1 Å². The topological polar surface area (TPSA) is 35.2 Å². The SMILES string of the molecule is Cc1ccc(Oc2cccc(CN)c2)cc1F. The number of ether oxygens (including phenoxy) is 1. The van der Waals surface area contributed by atoms with E-state index < -0.39 is 0 Å². The highest BCUT2D eigenvalue weighted by atomic mass is 19.1. The van der Waals surface area contributed by atoms with Gasteiger partial charge in [0.05, 0.1) is 0 Å². The van der Waals surface area contributed by atoms with Crippen molar-refractivity contribution in [1.82, 2.24) is 0 Å². The van der Waals surface area contributed by atoms with Gasteiger partial charge in [-0.2, -0.15) is 0 Å². The van der Waals surface area contributed by atoms with E-state index in [4.69, 9.17) is 10.5 Å². The Morgan fingerprint density at radius 1 is 1.12 bits per heavy atom. The van der Waals surface area contributed by atoms with E-state index in [1.54, 1.807) is 19.1 Å². The monoisotopic (exact) mass is 231 g/mol. The van der Waals surface area contributed by atoms with E-state index in [9.17, 15) is 4.39 Å². The summed E-state index contributed by atoms with van der Waals surface area (Å²) >= 11 is 0. The number of halogens is 1. The minimum atomic E-state index is -0.266. The summed E-state index contributed by atoms with van der Waals surface area (Å²) < 4.78 is 18.9. The summed E-state index contributed by atoms with van der Waals surface area (Å²) in [4.78, 5) is 0. The molecule has 0 atom stereocenters. The lowest BCUT2D eigenvalue weighted by Gasteiger charge is -2.07. The van der Waals surface area contributed by atoms with E-state index in [0.717, 1.165) is 5.56 Å². The largest absolute Gasteiger partial charge is 0.457 e. The van der Waals surface area contributed by atoms with Crippen molar-refractivity contribution in [3.8, 4) is 11.5 Å². The fraction of sp³-hybridized carbons (Fsp3) is 0.143. The summed E-state index contributed by atoms with van der Waals surface area (Å²) in [6.45, 7) is 2.17. The number of hydrogen-bond donors (Lipinski definition) is 1. The van der Waals surface area contributed by atoms with E-state index >= 15 is 0 Å². The van der Waals surface area contributed by atoms with Gasteiger partial charge in [0.15, 0.2) is 0 Å². The maximum atomic E-state index is 13.3. The average Bonchev–Trinajstić information content (AvgIpc) is 2.34. The van der Waals surface area contributed by atoms with Crippen LogP contribution >= 0.6 is 0 Å². The van der Waals surface area contributed by atoms with Gasteiger partial charge in [-0.1, -0.05) is 18.2 Å². The molecule has 0 radical (unpaired) electrons. The maximum Gasteiger partial charge on any atom is 0.130 e. The van der Waals surface area contributed by atoms with Crippen LogP contribution in [0.4, 0.5) is 4.39 Å². The zero-order valence-corrected chi connectivity index (χ0v) is 9.61. The van der Waals surface area contributed by atoms with Crippen LogP contribution in [-0.4, -0.2) is 0 Å². The molecular formula is C14H14FNO. The number of hydrogen-bond acceptors (Lipinski definition) is 2. The highest BCUT2D eigenvalue weighted by Crippen LogP contribution is 2.23. The minimum Gasteiger partial charge on any atom is -0.457 e. The van der Waals surface area contributed by atoms with Gasteiger partial charge in [0.2, 0.25) is 0 Å². The van der Waals surface area contributed by atoms with Gasteiger partial charge in [0.25, 0.3) is 0 Å². The molecule has 0 spiro atoms. The van der Waals surface area contributed by atoms with Crippen molar-refractivity contribution in [3.05, 3.63) is 59.4 Å². The van der Waals surface area contributed by atoms with Crippen LogP contribution in [0, 0.1) is 12.7 Å². The van der Waals surface area contributed by atoms with Gasteiger partial charge < -0.3 is 10.5 Å². The second-order valence-electron chi connectivity index (χ2n) is 3.86. The first-order chi connectivity index (χ1) is 8.19.